The highest BCUT2D eigenvalue weighted by molar-refractivity contribution is 8.15. The molecule has 1 aromatic heterocycles. The van der Waals surface area contributed by atoms with Crippen LogP contribution in [0.25, 0.3) is 11.3 Å². The number of rotatable bonds is 19. The monoisotopic (exact) mass is 999 g/mol. The molecule has 21 heteroatoms. The molecule has 16 nitrogen and oxygen atoms in total. The first kappa shape index (κ1) is 52.8. The van der Waals surface area contributed by atoms with E-state index >= 15 is 4.39 Å². The van der Waals surface area contributed by atoms with Crippen LogP contribution in [0.5, 0.6) is 5.75 Å². The fourth-order valence-corrected chi connectivity index (χ4v) is 8.79. The van der Waals surface area contributed by atoms with Gasteiger partial charge in [0.25, 0.3) is 11.8 Å². The van der Waals surface area contributed by atoms with Crippen LogP contribution >= 0.6 is 11.8 Å². The van der Waals surface area contributed by atoms with Crippen molar-refractivity contribution in [1.29, 1.82) is 0 Å². The number of halogens is 4. The lowest BCUT2D eigenvalue weighted by Crippen LogP contribution is -2.36. The average molecular weight is 1000 g/mol. The van der Waals surface area contributed by atoms with Gasteiger partial charge in [-0.05, 0) is 97.7 Å². The van der Waals surface area contributed by atoms with E-state index in [2.05, 4.69) is 37.1 Å². The minimum absolute atomic E-state index is 0.00109. The first-order chi connectivity index (χ1) is 34.0. The number of nitrogens with zero attached hydrogens (tertiary/aromatic N) is 6. The minimum Gasteiger partial charge on any atom is -0.486 e. The van der Waals surface area contributed by atoms with Gasteiger partial charge in [0.1, 0.15) is 58.4 Å². The number of nitrogens with two attached hydrogens (primary N) is 1. The summed E-state index contributed by atoms with van der Waals surface area (Å²) in [6, 6.07) is 19.5. The molecule has 1 fully saturated rings. The first-order valence-electron chi connectivity index (χ1n) is 22.2. The SMILES string of the molecule is C=C(COC(=O)NCCC[C@@]1(c2ccccc2)SC(c2cc(F)ccc2F)=NN1C)C(=O)N(C)CCOc1c(N)ncnc1-c1cc(F)cc(NC(=O)c2ccc(C3CC3)cc2F)c1C.CON(C)C=O. The van der Waals surface area contributed by atoms with Crippen LogP contribution in [0.2, 0.25) is 0 Å². The third kappa shape index (κ3) is 13.2. The molecule has 374 valence electrons. The van der Waals surface area contributed by atoms with Crippen molar-refractivity contribution in [3.05, 3.63) is 148 Å². The van der Waals surface area contributed by atoms with E-state index in [0.29, 0.717) is 35.8 Å². The number of benzene rings is 4. The van der Waals surface area contributed by atoms with Crippen molar-refractivity contribution < 1.29 is 51.1 Å². The standard InChI is InChI=1S/C47H46F4N8O5S.C3H7NO2/c1-27(25-64-46(62)53-18-8-17-47(31-9-6-5-7-10-31)59(4)57-44(65-47)36-22-32(48)14-16-37(36)50)45(61)58(3)19-20-63-41-40(54-26-55-42(41)52)35-23-33(49)24-39(28(35)2)56-43(60)34-15-13-30(21-38(34)51)29-11-12-29;1-4(3-5)6-2/h5-7,9-10,13-16,21-24,26,29H,1,8,11-12,17-20,25H2,2-4H3,(H,53,62)(H,56,60)(H2,52,54,55);3H,1-2H3/t47-;/m0./s1. The van der Waals surface area contributed by atoms with Crippen LogP contribution in [0.15, 0.2) is 102 Å². The number of hydrogen-bond acceptors (Lipinski definition) is 13. The van der Waals surface area contributed by atoms with Gasteiger partial charge >= 0.3 is 6.09 Å². The molecule has 4 amide bonds. The Bertz CT molecular complexity index is 2800. The molecule has 71 heavy (non-hydrogen) atoms. The number of anilines is 2. The molecule has 0 saturated heterocycles. The average Bonchev–Trinajstić information content (AvgIpc) is 4.16. The number of ether oxygens (including phenoxy) is 2. The number of carbonyl (C=O) groups is 4. The van der Waals surface area contributed by atoms with Gasteiger partial charge in [0.15, 0.2) is 11.6 Å². The van der Waals surface area contributed by atoms with E-state index in [9.17, 15) is 32.3 Å². The maximum absolute atomic E-state index is 15.1. The maximum atomic E-state index is 15.1. The van der Waals surface area contributed by atoms with Gasteiger partial charge in [0.2, 0.25) is 6.41 Å². The lowest BCUT2D eigenvalue weighted by molar-refractivity contribution is -0.153. The number of hydrazone groups is 1. The number of nitrogen functional groups attached to an aromatic ring is 1. The molecule has 7 rings (SSSR count). The number of amides is 4. The van der Waals surface area contributed by atoms with Crippen LogP contribution in [0, 0.1) is 30.2 Å². The minimum atomic E-state index is -0.776. The molecule has 1 aliphatic heterocycles. The third-order valence-electron chi connectivity index (χ3n) is 11.5. The van der Waals surface area contributed by atoms with E-state index in [1.807, 2.05) is 30.3 Å². The van der Waals surface area contributed by atoms with Crippen molar-refractivity contribution in [3.63, 3.8) is 0 Å². The molecule has 1 atom stereocenters. The Labute approximate surface area is 412 Å². The van der Waals surface area contributed by atoms with Crippen LogP contribution < -0.4 is 21.1 Å². The summed E-state index contributed by atoms with van der Waals surface area (Å²) >= 11 is 1.30. The third-order valence-corrected chi connectivity index (χ3v) is 13.0. The van der Waals surface area contributed by atoms with Crippen molar-refractivity contribution >= 4 is 52.6 Å². The quantitative estimate of drug-likeness (QED) is 0.0237. The number of aromatic nitrogens is 2. The molecule has 0 bridgehead atoms. The van der Waals surface area contributed by atoms with Crippen molar-refractivity contribution in [1.82, 2.24) is 30.3 Å². The molecular formula is C50H53F4N9O7S. The molecule has 2 heterocycles. The number of nitrogens with one attached hydrogen (secondary N) is 2. The zero-order valence-corrected chi connectivity index (χ0v) is 40.5. The molecule has 2 aliphatic rings. The largest absolute Gasteiger partial charge is 0.486 e. The summed E-state index contributed by atoms with van der Waals surface area (Å²) < 4.78 is 70.0. The van der Waals surface area contributed by atoms with Gasteiger partial charge in [-0.1, -0.05) is 54.7 Å². The molecule has 0 spiro atoms. The highest BCUT2D eigenvalue weighted by atomic mass is 32.2. The van der Waals surface area contributed by atoms with E-state index in [4.69, 9.17) is 15.2 Å². The second-order valence-electron chi connectivity index (χ2n) is 16.5. The van der Waals surface area contributed by atoms with Crippen LogP contribution in [-0.2, 0) is 24.0 Å². The normalized spacial score (nSPS) is 14.9. The Hall–Kier alpha value is -7.52. The highest BCUT2D eigenvalue weighted by Crippen LogP contribution is 2.49. The summed E-state index contributed by atoms with van der Waals surface area (Å²) in [6.45, 7) is 5.09. The lowest BCUT2D eigenvalue weighted by atomic mass is 10.0. The fraction of sp³-hybridized carbons (Fsp3) is 0.300. The van der Waals surface area contributed by atoms with Gasteiger partial charge in [-0.2, -0.15) is 5.10 Å². The van der Waals surface area contributed by atoms with Crippen molar-refractivity contribution in [2.24, 2.45) is 5.10 Å². The van der Waals surface area contributed by atoms with Gasteiger partial charge in [-0.25, -0.2) is 37.4 Å². The number of alkyl carbamates (subject to hydrolysis) is 1. The van der Waals surface area contributed by atoms with Gasteiger partial charge in [-0.3, -0.25) is 24.2 Å². The summed E-state index contributed by atoms with van der Waals surface area (Å²) in [5.41, 5.74) is 8.57. The van der Waals surface area contributed by atoms with Crippen LogP contribution in [0.3, 0.4) is 0 Å². The number of hydrogen-bond donors (Lipinski definition) is 3. The first-order valence-corrected chi connectivity index (χ1v) is 23.0. The highest BCUT2D eigenvalue weighted by Gasteiger charge is 2.44. The lowest BCUT2D eigenvalue weighted by Gasteiger charge is -2.35. The molecule has 0 radical (unpaired) electrons. The van der Waals surface area contributed by atoms with E-state index in [1.54, 1.807) is 25.0 Å². The van der Waals surface area contributed by atoms with Crippen LogP contribution in [-0.4, -0.2) is 109 Å². The van der Waals surface area contributed by atoms with E-state index < -0.39 is 52.7 Å². The predicted molar refractivity (Wildman–Crippen MR) is 261 cm³/mol. The molecule has 1 aliphatic carbocycles. The zero-order valence-electron chi connectivity index (χ0n) is 39.6. The van der Waals surface area contributed by atoms with E-state index in [1.165, 1.54) is 62.4 Å². The number of carbonyl (C=O) groups excluding carboxylic acids is 4. The molecule has 4 aromatic carbocycles. The fourth-order valence-electron chi connectivity index (χ4n) is 7.37. The second kappa shape index (κ2) is 23.9. The zero-order chi connectivity index (χ0) is 51.4. The number of thioether (sulfide) groups is 1. The van der Waals surface area contributed by atoms with E-state index in [0.717, 1.165) is 53.3 Å². The molecule has 1 saturated carbocycles. The Balaban J connectivity index is 0.00000129. The van der Waals surface area contributed by atoms with Crippen molar-refractivity contribution in [2.45, 2.75) is 43.4 Å². The second-order valence-corrected chi connectivity index (χ2v) is 17.7. The summed E-state index contributed by atoms with van der Waals surface area (Å²) in [4.78, 5) is 61.7. The number of likely N-dealkylation sites (N-methyl/N-ethyl adjacent to an activating group) is 1. The Kier molecular flexibility index (Phi) is 17.8. The Morgan fingerprint density at radius 3 is 2.38 bits per heavy atom. The Morgan fingerprint density at radius 2 is 1.70 bits per heavy atom. The summed E-state index contributed by atoms with van der Waals surface area (Å²) in [5, 5.41) is 13.0. The van der Waals surface area contributed by atoms with Crippen LogP contribution in [0.4, 0.5) is 33.9 Å². The molecule has 5 aromatic rings. The number of hydroxylamine groups is 2. The summed E-state index contributed by atoms with van der Waals surface area (Å²) in [7, 11) is 6.20. The van der Waals surface area contributed by atoms with Gasteiger partial charge in [0, 0.05) is 50.1 Å². The van der Waals surface area contributed by atoms with Gasteiger partial charge < -0.3 is 30.7 Å². The van der Waals surface area contributed by atoms with Gasteiger partial charge in [0.05, 0.1) is 19.2 Å². The topological polar surface area (TPSA) is 194 Å². The van der Waals surface area contributed by atoms with Crippen molar-refractivity contribution in [2.75, 3.05) is 65.6 Å². The van der Waals surface area contributed by atoms with Gasteiger partial charge in [-0.15, -0.1) is 0 Å². The Morgan fingerprint density at radius 1 is 0.972 bits per heavy atom. The molecular weight excluding hydrogens is 947 g/mol. The molecule has 4 N–H and O–H groups in total. The van der Waals surface area contributed by atoms with Crippen LogP contribution in [0.1, 0.15) is 64.2 Å². The smallest absolute Gasteiger partial charge is 0.407 e. The maximum Gasteiger partial charge on any atom is 0.407 e. The van der Waals surface area contributed by atoms with Crippen molar-refractivity contribution in [3.8, 4) is 17.0 Å². The van der Waals surface area contributed by atoms with E-state index in [-0.39, 0.29) is 64.9 Å². The summed E-state index contributed by atoms with van der Waals surface area (Å²) in [5.74, 6) is -3.61. The predicted octanol–water partition coefficient (Wildman–Crippen LogP) is 8.15. The molecule has 0 unspecified atom stereocenters. The summed E-state index contributed by atoms with van der Waals surface area (Å²) in [6.07, 6.45) is 3.84.